The van der Waals surface area contributed by atoms with Crippen molar-refractivity contribution in [2.24, 2.45) is 0 Å². The van der Waals surface area contributed by atoms with Crippen molar-refractivity contribution >= 4 is 23.6 Å². The van der Waals surface area contributed by atoms with Gasteiger partial charge in [-0.25, -0.2) is 4.79 Å². The zero-order valence-corrected chi connectivity index (χ0v) is 13.5. The molecule has 1 atom stereocenters. The van der Waals surface area contributed by atoms with Crippen LogP contribution in [0.5, 0.6) is 0 Å². The Balaban J connectivity index is 2.61. The molecular weight excluding hydrogens is 316 g/mol. The molecule has 1 aromatic heterocycles. The van der Waals surface area contributed by atoms with E-state index in [4.69, 9.17) is 10.4 Å². The van der Waals surface area contributed by atoms with Gasteiger partial charge in [0.15, 0.2) is 0 Å². The Hall–Kier alpha value is -2.53. The number of pyridine rings is 1. The highest BCUT2D eigenvalue weighted by atomic mass is 32.2. The van der Waals surface area contributed by atoms with E-state index in [9.17, 15) is 9.59 Å². The molecule has 1 rings (SSSR count). The van der Waals surface area contributed by atoms with Crippen LogP contribution in [0.4, 0.5) is 0 Å². The van der Waals surface area contributed by atoms with Gasteiger partial charge >= 0.3 is 5.97 Å². The first-order valence-electron chi connectivity index (χ1n) is 6.83. The van der Waals surface area contributed by atoms with Crippen molar-refractivity contribution in [1.29, 1.82) is 5.26 Å². The first-order chi connectivity index (χ1) is 11.1. The van der Waals surface area contributed by atoms with Gasteiger partial charge in [0.25, 0.3) is 5.91 Å². The van der Waals surface area contributed by atoms with Crippen molar-refractivity contribution in [2.75, 3.05) is 12.0 Å². The van der Waals surface area contributed by atoms with E-state index in [-0.39, 0.29) is 5.57 Å². The minimum absolute atomic E-state index is 0.177. The number of rotatable bonds is 9. The van der Waals surface area contributed by atoms with Crippen LogP contribution in [0.25, 0.3) is 0 Å². The van der Waals surface area contributed by atoms with Crippen LogP contribution in [0, 0.1) is 11.3 Å². The second-order valence-corrected chi connectivity index (χ2v) is 5.54. The van der Waals surface area contributed by atoms with Crippen molar-refractivity contribution in [3.63, 3.8) is 0 Å². The van der Waals surface area contributed by atoms with Crippen molar-refractivity contribution in [2.45, 2.75) is 19.0 Å². The predicted molar refractivity (Wildman–Crippen MR) is 87.3 cm³/mol. The quantitative estimate of drug-likeness (QED) is 0.454. The summed E-state index contributed by atoms with van der Waals surface area (Å²) in [5, 5.41) is 23.3. The Morgan fingerprint density at radius 2 is 2.35 bits per heavy atom. The minimum atomic E-state index is -1.12. The summed E-state index contributed by atoms with van der Waals surface area (Å²) in [5.41, 5.74) is 0.717. The highest BCUT2D eigenvalue weighted by Gasteiger charge is 2.21. The average molecular weight is 334 g/mol. The summed E-state index contributed by atoms with van der Waals surface area (Å²) in [6.07, 6.45) is 6.73. The number of nitriles is 1. The maximum Gasteiger partial charge on any atom is 0.326 e. The molecule has 0 aliphatic rings. The van der Waals surface area contributed by atoms with E-state index in [1.807, 2.05) is 12.3 Å². The van der Waals surface area contributed by atoms with E-state index in [0.29, 0.717) is 18.7 Å². The lowest BCUT2D eigenvalue weighted by Crippen LogP contribution is -2.41. The molecule has 1 amide bonds. The van der Waals surface area contributed by atoms with Gasteiger partial charge in [-0.3, -0.25) is 9.78 Å². The lowest BCUT2D eigenvalue weighted by Gasteiger charge is -2.13. The molecule has 0 bridgehead atoms. The van der Waals surface area contributed by atoms with Crippen molar-refractivity contribution < 1.29 is 14.7 Å². The Morgan fingerprint density at radius 1 is 1.57 bits per heavy atom. The number of carbonyl (C=O) groups excluding carboxylic acids is 1. The number of thioether (sulfide) groups is 1. The molecule has 23 heavy (non-hydrogen) atoms. The number of aliphatic carboxylic acids is 1. The van der Waals surface area contributed by atoms with Crippen molar-refractivity contribution in [1.82, 2.24) is 15.6 Å². The predicted octanol–water partition coefficient (Wildman–Crippen LogP) is 0.901. The van der Waals surface area contributed by atoms with Gasteiger partial charge in [0.2, 0.25) is 0 Å². The molecule has 0 aliphatic heterocycles. The molecular formula is C15H18N4O3S. The molecule has 0 saturated carbocycles. The fraction of sp³-hybridized carbons (Fsp3) is 0.333. The Labute approximate surface area is 138 Å². The largest absolute Gasteiger partial charge is 0.480 e. The highest BCUT2D eigenvalue weighted by molar-refractivity contribution is 7.98. The number of carbonyl (C=O) groups is 2. The SMILES string of the molecule is CSCCC(NC(=O)/C(C#N)=C\NCc1cccnc1)C(=O)O. The standard InChI is InChI=1S/C15H18N4O3S/c1-23-6-4-13(15(21)22)19-14(20)12(7-16)10-18-9-11-3-2-5-17-8-11/h2-3,5,8,10,13,18H,4,6,9H2,1H3,(H,19,20)(H,21,22)/b12-10-. The topological polar surface area (TPSA) is 115 Å². The van der Waals surface area contributed by atoms with Gasteiger partial charge in [-0.15, -0.1) is 0 Å². The van der Waals surface area contributed by atoms with Crippen LogP contribution in [0.1, 0.15) is 12.0 Å². The monoisotopic (exact) mass is 334 g/mol. The van der Waals surface area contributed by atoms with Gasteiger partial charge in [0.1, 0.15) is 17.7 Å². The molecule has 0 aliphatic carbocycles. The normalized spacial score (nSPS) is 12.1. The van der Waals surface area contributed by atoms with Gasteiger partial charge in [0.05, 0.1) is 0 Å². The van der Waals surface area contributed by atoms with Crippen LogP contribution in [0.15, 0.2) is 36.3 Å². The zero-order chi connectivity index (χ0) is 17.1. The van der Waals surface area contributed by atoms with E-state index in [2.05, 4.69) is 15.6 Å². The van der Waals surface area contributed by atoms with Gasteiger partial charge < -0.3 is 15.7 Å². The van der Waals surface area contributed by atoms with E-state index in [1.165, 1.54) is 18.0 Å². The third-order valence-corrected chi connectivity index (χ3v) is 3.50. The van der Waals surface area contributed by atoms with E-state index >= 15 is 0 Å². The van der Waals surface area contributed by atoms with Crippen LogP contribution in [0.3, 0.4) is 0 Å². The minimum Gasteiger partial charge on any atom is -0.480 e. The first-order valence-corrected chi connectivity index (χ1v) is 8.23. The van der Waals surface area contributed by atoms with Gasteiger partial charge in [0, 0.05) is 25.1 Å². The number of hydrogen-bond donors (Lipinski definition) is 3. The molecule has 1 aromatic rings. The fourth-order valence-electron chi connectivity index (χ4n) is 1.65. The fourth-order valence-corrected chi connectivity index (χ4v) is 2.12. The zero-order valence-electron chi connectivity index (χ0n) is 12.7. The molecule has 8 heteroatoms. The molecule has 0 aromatic carbocycles. The third kappa shape index (κ3) is 6.84. The summed E-state index contributed by atoms with van der Waals surface area (Å²) >= 11 is 1.49. The molecule has 7 nitrogen and oxygen atoms in total. The van der Waals surface area contributed by atoms with E-state index < -0.39 is 17.9 Å². The number of carboxylic acids is 1. The van der Waals surface area contributed by atoms with Gasteiger partial charge in [-0.05, 0) is 30.1 Å². The first kappa shape index (κ1) is 18.5. The molecule has 0 spiro atoms. The summed E-state index contributed by atoms with van der Waals surface area (Å²) in [7, 11) is 0. The molecule has 0 radical (unpaired) electrons. The number of nitrogens with zero attached hydrogens (tertiary/aromatic N) is 2. The lowest BCUT2D eigenvalue weighted by molar-refractivity contribution is -0.141. The number of carboxylic acid groups (broad SMARTS) is 1. The maximum absolute atomic E-state index is 12.0. The van der Waals surface area contributed by atoms with Crippen molar-refractivity contribution in [3.05, 3.63) is 41.9 Å². The Morgan fingerprint density at radius 3 is 2.91 bits per heavy atom. The summed E-state index contributed by atoms with van der Waals surface area (Å²) in [5.74, 6) is -1.23. The van der Waals surface area contributed by atoms with Gasteiger partial charge in [-0.1, -0.05) is 6.07 Å². The molecule has 3 N–H and O–H groups in total. The highest BCUT2D eigenvalue weighted by Crippen LogP contribution is 2.03. The number of amides is 1. The summed E-state index contributed by atoms with van der Waals surface area (Å²) in [6, 6.07) is 4.38. The summed E-state index contributed by atoms with van der Waals surface area (Å²) in [6.45, 7) is 0.404. The third-order valence-electron chi connectivity index (χ3n) is 2.85. The summed E-state index contributed by atoms with van der Waals surface area (Å²) in [4.78, 5) is 27.0. The second-order valence-electron chi connectivity index (χ2n) is 4.56. The molecule has 0 fully saturated rings. The Kier molecular flexibility index (Phi) is 8.24. The van der Waals surface area contributed by atoms with Crippen LogP contribution < -0.4 is 10.6 Å². The summed E-state index contributed by atoms with van der Waals surface area (Å²) < 4.78 is 0. The maximum atomic E-state index is 12.0. The smallest absolute Gasteiger partial charge is 0.326 e. The van der Waals surface area contributed by atoms with Crippen molar-refractivity contribution in [3.8, 4) is 6.07 Å². The number of aromatic nitrogens is 1. The lowest BCUT2D eigenvalue weighted by atomic mass is 10.2. The molecule has 1 heterocycles. The second kappa shape index (κ2) is 10.2. The van der Waals surface area contributed by atoms with E-state index in [1.54, 1.807) is 24.5 Å². The molecule has 1 unspecified atom stereocenters. The molecule has 122 valence electrons. The van der Waals surface area contributed by atoms with Crippen LogP contribution in [0.2, 0.25) is 0 Å². The average Bonchev–Trinajstić information content (AvgIpc) is 2.56. The number of hydrogen-bond acceptors (Lipinski definition) is 6. The van der Waals surface area contributed by atoms with Crippen LogP contribution >= 0.6 is 11.8 Å². The van der Waals surface area contributed by atoms with Crippen LogP contribution in [-0.2, 0) is 16.1 Å². The number of nitrogens with one attached hydrogen (secondary N) is 2. The van der Waals surface area contributed by atoms with Crippen LogP contribution in [-0.4, -0.2) is 40.0 Å². The molecule has 0 saturated heterocycles. The van der Waals surface area contributed by atoms with E-state index in [0.717, 1.165) is 5.56 Å². The Bertz CT molecular complexity index is 598. The van der Waals surface area contributed by atoms with Gasteiger partial charge in [-0.2, -0.15) is 17.0 Å².